The number of carbonyl (C=O) groups is 1. The van der Waals surface area contributed by atoms with Gasteiger partial charge in [-0.15, -0.1) is 24.0 Å². The summed E-state index contributed by atoms with van der Waals surface area (Å²) in [5.74, 6) is 1.22. The molecule has 0 spiro atoms. The number of carbonyl (C=O) groups excluding carboxylic acids is 1. The van der Waals surface area contributed by atoms with E-state index in [0.29, 0.717) is 38.4 Å². The zero-order valence-electron chi connectivity index (χ0n) is 16.3. The number of piperidine rings is 1. The zero-order chi connectivity index (χ0) is 19.1. The first-order valence-corrected chi connectivity index (χ1v) is 9.52. The third-order valence-electron chi connectivity index (χ3n) is 5.19. The van der Waals surface area contributed by atoms with E-state index in [0.717, 1.165) is 37.5 Å². The van der Waals surface area contributed by atoms with Crippen molar-refractivity contribution < 1.29 is 9.53 Å². The van der Waals surface area contributed by atoms with Gasteiger partial charge in [-0.2, -0.15) is 5.26 Å². The summed E-state index contributed by atoms with van der Waals surface area (Å²) < 4.78 is 5.33. The number of nitriles is 1. The third kappa shape index (κ3) is 5.82. The fourth-order valence-electron chi connectivity index (χ4n) is 3.64. The van der Waals surface area contributed by atoms with Crippen LogP contribution < -0.4 is 5.32 Å². The first-order valence-electron chi connectivity index (χ1n) is 9.52. The molecule has 1 amide bonds. The van der Waals surface area contributed by atoms with Crippen LogP contribution in [0.4, 0.5) is 0 Å². The second-order valence-corrected chi connectivity index (χ2v) is 6.91. The second kappa shape index (κ2) is 11.2. The normalized spacial score (nSPS) is 18.2. The molecule has 1 aromatic carbocycles. The highest BCUT2D eigenvalue weighted by atomic mass is 127. The number of hydrogen-bond acceptors (Lipinski definition) is 4. The number of aliphatic imine (C=N–C) groups is 1. The molecule has 0 unspecified atom stereocenters. The van der Waals surface area contributed by atoms with Gasteiger partial charge in [-0.25, -0.2) is 0 Å². The lowest BCUT2D eigenvalue weighted by atomic mass is 9.95. The van der Waals surface area contributed by atoms with Gasteiger partial charge in [0.2, 0.25) is 5.91 Å². The largest absolute Gasteiger partial charge is 0.378 e. The van der Waals surface area contributed by atoms with Crippen molar-refractivity contribution in [1.29, 1.82) is 5.26 Å². The van der Waals surface area contributed by atoms with Gasteiger partial charge in [-0.3, -0.25) is 9.79 Å². The summed E-state index contributed by atoms with van der Waals surface area (Å²) >= 11 is 0. The van der Waals surface area contributed by atoms with Crippen LogP contribution in [0, 0.1) is 17.2 Å². The molecule has 152 valence electrons. The Morgan fingerprint density at radius 3 is 2.61 bits per heavy atom. The Hall–Kier alpha value is -1.86. The van der Waals surface area contributed by atoms with E-state index in [9.17, 15) is 4.79 Å². The molecule has 2 fully saturated rings. The molecule has 2 saturated heterocycles. The molecule has 8 heteroatoms. The van der Waals surface area contributed by atoms with E-state index >= 15 is 0 Å². The van der Waals surface area contributed by atoms with Crippen LogP contribution in [0.2, 0.25) is 0 Å². The number of nitrogens with one attached hydrogen (secondary N) is 1. The van der Waals surface area contributed by atoms with Crippen molar-refractivity contribution in [2.45, 2.75) is 19.4 Å². The molecule has 28 heavy (non-hydrogen) atoms. The first kappa shape index (κ1) is 22.4. The molecule has 2 heterocycles. The van der Waals surface area contributed by atoms with E-state index in [1.807, 2.05) is 23.1 Å². The van der Waals surface area contributed by atoms with Crippen molar-refractivity contribution in [3.05, 3.63) is 35.4 Å². The number of guanidine groups is 1. The first-order chi connectivity index (χ1) is 13.2. The Balaban J connectivity index is 0.00000280. The van der Waals surface area contributed by atoms with Crippen molar-refractivity contribution in [3.8, 4) is 6.07 Å². The Bertz CT molecular complexity index is 720. The highest BCUT2D eigenvalue weighted by Crippen LogP contribution is 2.20. The van der Waals surface area contributed by atoms with Gasteiger partial charge in [0.05, 0.1) is 24.8 Å². The zero-order valence-corrected chi connectivity index (χ0v) is 18.6. The Morgan fingerprint density at radius 2 is 1.96 bits per heavy atom. The molecule has 7 nitrogen and oxygen atoms in total. The van der Waals surface area contributed by atoms with Crippen molar-refractivity contribution in [1.82, 2.24) is 15.1 Å². The van der Waals surface area contributed by atoms with Gasteiger partial charge >= 0.3 is 0 Å². The van der Waals surface area contributed by atoms with Crippen LogP contribution in [0.25, 0.3) is 0 Å². The quantitative estimate of drug-likeness (QED) is 0.392. The van der Waals surface area contributed by atoms with E-state index < -0.39 is 0 Å². The molecule has 1 N–H and O–H groups in total. The van der Waals surface area contributed by atoms with Crippen LogP contribution in [-0.2, 0) is 16.1 Å². The summed E-state index contributed by atoms with van der Waals surface area (Å²) in [5, 5.41) is 12.4. The fourth-order valence-corrected chi connectivity index (χ4v) is 3.64. The summed E-state index contributed by atoms with van der Waals surface area (Å²) in [6.45, 7) is 4.97. The number of morpholine rings is 1. The van der Waals surface area contributed by atoms with Crippen molar-refractivity contribution in [2.24, 2.45) is 10.9 Å². The predicted molar refractivity (Wildman–Crippen MR) is 118 cm³/mol. The minimum atomic E-state index is 0. The number of likely N-dealkylation sites (tertiary alicyclic amines) is 1. The van der Waals surface area contributed by atoms with Crippen molar-refractivity contribution >= 4 is 35.8 Å². The number of benzene rings is 1. The van der Waals surface area contributed by atoms with Gasteiger partial charge in [-0.05, 0) is 30.5 Å². The SMILES string of the molecule is CN=C(NCc1cccc(C#N)c1)N1CCC(C(=O)N2CCOCC2)CC1.I. The smallest absolute Gasteiger partial charge is 0.225 e. The van der Waals surface area contributed by atoms with E-state index in [-0.39, 0.29) is 35.8 Å². The van der Waals surface area contributed by atoms with E-state index in [2.05, 4.69) is 21.3 Å². The topological polar surface area (TPSA) is 81.0 Å². The van der Waals surface area contributed by atoms with Crippen LogP contribution in [0.3, 0.4) is 0 Å². The number of halogens is 1. The Labute approximate surface area is 183 Å². The molecule has 0 saturated carbocycles. The lowest BCUT2D eigenvalue weighted by Crippen LogP contribution is -2.49. The number of rotatable bonds is 3. The lowest BCUT2D eigenvalue weighted by Gasteiger charge is -2.36. The Morgan fingerprint density at radius 1 is 1.25 bits per heavy atom. The molecular weight excluding hydrogens is 469 g/mol. The fraction of sp³-hybridized carbons (Fsp3) is 0.550. The van der Waals surface area contributed by atoms with Gasteiger partial charge in [0, 0.05) is 45.7 Å². The summed E-state index contributed by atoms with van der Waals surface area (Å²) in [7, 11) is 1.78. The maximum Gasteiger partial charge on any atom is 0.225 e. The summed E-state index contributed by atoms with van der Waals surface area (Å²) in [6.07, 6.45) is 1.70. The molecule has 0 bridgehead atoms. The molecular formula is C20H28IN5O2. The minimum Gasteiger partial charge on any atom is -0.378 e. The molecule has 3 rings (SSSR count). The van der Waals surface area contributed by atoms with E-state index in [1.54, 1.807) is 13.1 Å². The van der Waals surface area contributed by atoms with Crippen LogP contribution in [0.15, 0.2) is 29.3 Å². The molecule has 0 radical (unpaired) electrons. The van der Waals surface area contributed by atoms with E-state index in [4.69, 9.17) is 10.00 Å². The number of ether oxygens (including phenoxy) is 1. The summed E-state index contributed by atoms with van der Waals surface area (Å²) in [5.41, 5.74) is 1.71. The molecule has 2 aliphatic rings. The van der Waals surface area contributed by atoms with Crippen LogP contribution in [-0.4, -0.2) is 68.1 Å². The van der Waals surface area contributed by atoms with Crippen LogP contribution in [0.1, 0.15) is 24.0 Å². The van der Waals surface area contributed by atoms with Crippen molar-refractivity contribution in [3.63, 3.8) is 0 Å². The van der Waals surface area contributed by atoms with Gasteiger partial charge in [0.1, 0.15) is 0 Å². The van der Waals surface area contributed by atoms with Crippen LogP contribution >= 0.6 is 24.0 Å². The minimum absolute atomic E-state index is 0. The average molecular weight is 497 g/mol. The number of nitrogens with zero attached hydrogens (tertiary/aromatic N) is 4. The van der Waals surface area contributed by atoms with Crippen LogP contribution in [0.5, 0.6) is 0 Å². The maximum atomic E-state index is 12.6. The molecule has 1 aromatic rings. The molecule has 0 aliphatic carbocycles. The Kier molecular flexibility index (Phi) is 8.99. The lowest BCUT2D eigenvalue weighted by molar-refractivity contribution is -0.140. The van der Waals surface area contributed by atoms with Gasteiger partial charge in [0.15, 0.2) is 5.96 Å². The number of amides is 1. The average Bonchev–Trinajstić information content (AvgIpc) is 2.75. The molecule has 0 aromatic heterocycles. The van der Waals surface area contributed by atoms with Gasteiger partial charge < -0.3 is 19.9 Å². The number of hydrogen-bond donors (Lipinski definition) is 1. The third-order valence-corrected chi connectivity index (χ3v) is 5.19. The predicted octanol–water partition coefficient (Wildman–Crippen LogP) is 1.82. The van der Waals surface area contributed by atoms with E-state index in [1.165, 1.54) is 0 Å². The summed E-state index contributed by atoms with van der Waals surface area (Å²) in [6, 6.07) is 9.73. The van der Waals surface area contributed by atoms with Gasteiger partial charge in [0.25, 0.3) is 0 Å². The molecule has 0 atom stereocenters. The van der Waals surface area contributed by atoms with Crippen molar-refractivity contribution in [2.75, 3.05) is 46.4 Å². The highest BCUT2D eigenvalue weighted by Gasteiger charge is 2.30. The maximum absolute atomic E-state index is 12.6. The standard InChI is InChI=1S/C20H27N5O2.HI/c1-22-20(23-15-17-4-2-3-16(13-17)14-21)25-7-5-18(6-8-25)19(26)24-9-11-27-12-10-24;/h2-4,13,18H,5-12,15H2,1H3,(H,22,23);1H. The monoisotopic (exact) mass is 497 g/mol. The van der Waals surface area contributed by atoms with Gasteiger partial charge in [-0.1, -0.05) is 12.1 Å². The second-order valence-electron chi connectivity index (χ2n) is 6.91. The highest BCUT2D eigenvalue weighted by molar-refractivity contribution is 14.0. The molecule has 2 aliphatic heterocycles. The summed E-state index contributed by atoms with van der Waals surface area (Å²) in [4.78, 5) is 21.2.